The average molecular weight is 335 g/mol. The van der Waals surface area contributed by atoms with E-state index in [1.54, 1.807) is 48.5 Å². The molecule has 0 fully saturated rings. The minimum atomic E-state index is -0.803. The van der Waals surface area contributed by atoms with Crippen LogP contribution in [0, 0.1) is 18.3 Å². The molecule has 3 N–H and O–H groups in total. The number of aromatic hydroxyl groups is 1. The average Bonchev–Trinajstić information content (AvgIpc) is 2.57. The summed E-state index contributed by atoms with van der Waals surface area (Å²) in [4.78, 5) is 23.9. The van der Waals surface area contributed by atoms with E-state index in [0.29, 0.717) is 5.69 Å². The fraction of sp³-hybridized carbons (Fsp3) is 0.105. The molecular formula is C19H17N3O3. The van der Waals surface area contributed by atoms with Gasteiger partial charge in [0.2, 0.25) is 5.91 Å². The fourth-order valence-electron chi connectivity index (χ4n) is 2.08. The Labute approximate surface area is 145 Å². The molecule has 0 saturated heterocycles. The monoisotopic (exact) mass is 335 g/mol. The molecule has 0 aliphatic heterocycles. The van der Waals surface area contributed by atoms with Crippen LogP contribution in [0.25, 0.3) is 0 Å². The topological polar surface area (TPSA) is 102 Å². The SMILES string of the molecule is Cc1ccc(NC=C(C#N)C(=O)NC(=O)Cc2ccccc2)c(O)c1. The predicted molar refractivity (Wildman–Crippen MR) is 93.5 cm³/mol. The van der Waals surface area contributed by atoms with Crippen LogP contribution in [0.4, 0.5) is 5.69 Å². The highest BCUT2D eigenvalue weighted by Gasteiger charge is 2.13. The molecule has 6 nitrogen and oxygen atoms in total. The number of nitriles is 1. The third-order valence-corrected chi connectivity index (χ3v) is 3.35. The van der Waals surface area contributed by atoms with Crippen molar-refractivity contribution in [2.75, 3.05) is 5.32 Å². The van der Waals surface area contributed by atoms with Crippen LogP contribution in [-0.2, 0) is 16.0 Å². The number of phenolic OH excluding ortho intramolecular Hbond substituents is 1. The number of hydrogen-bond acceptors (Lipinski definition) is 5. The van der Waals surface area contributed by atoms with Crippen LogP contribution < -0.4 is 10.6 Å². The Kier molecular flexibility index (Phi) is 5.91. The third-order valence-electron chi connectivity index (χ3n) is 3.35. The van der Waals surface area contributed by atoms with Crippen LogP contribution in [0.5, 0.6) is 5.75 Å². The zero-order valence-electron chi connectivity index (χ0n) is 13.6. The summed E-state index contributed by atoms with van der Waals surface area (Å²) in [5.41, 5.74) is 1.71. The van der Waals surface area contributed by atoms with Crippen molar-refractivity contribution in [3.05, 3.63) is 71.4 Å². The Morgan fingerprint density at radius 2 is 1.92 bits per heavy atom. The van der Waals surface area contributed by atoms with Crippen LogP contribution in [0.1, 0.15) is 11.1 Å². The van der Waals surface area contributed by atoms with Gasteiger partial charge in [-0.25, -0.2) is 0 Å². The number of rotatable bonds is 5. The maximum absolute atomic E-state index is 12.0. The van der Waals surface area contributed by atoms with Gasteiger partial charge in [-0.2, -0.15) is 5.26 Å². The van der Waals surface area contributed by atoms with Crippen molar-refractivity contribution in [3.8, 4) is 11.8 Å². The van der Waals surface area contributed by atoms with Gasteiger partial charge in [0.25, 0.3) is 5.91 Å². The van der Waals surface area contributed by atoms with Gasteiger partial charge in [-0.05, 0) is 30.2 Å². The number of nitrogens with zero attached hydrogens (tertiary/aromatic N) is 1. The Hall–Kier alpha value is -3.59. The zero-order chi connectivity index (χ0) is 18.2. The molecule has 2 aromatic rings. The molecule has 2 rings (SSSR count). The molecular weight excluding hydrogens is 318 g/mol. The van der Waals surface area contributed by atoms with Crippen molar-refractivity contribution >= 4 is 17.5 Å². The molecule has 25 heavy (non-hydrogen) atoms. The lowest BCUT2D eigenvalue weighted by Crippen LogP contribution is -2.32. The molecule has 0 aromatic heterocycles. The number of amides is 2. The maximum atomic E-state index is 12.0. The molecule has 0 saturated carbocycles. The summed E-state index contributed by atoms with van der Waals surface area (Å²) < 4.78 is 0. The Balaban J connectivity index is 2.00. The highest BCUT2D eigenvalue weighted by Crippen LogP contribution is 2.23. The minimum absolute atomic E-state index is 0.00546. The molecule has 6 heteroatoms. The van der Waals surface area contributed by atoms with E-state index >= 15 is 0 Å². The van der Waals surface area contributed by atoms with E-state index in [4.69, 9.17) is 5.26 Å². The number of hydrogen-bond donors (Lipinski definition) is 3. The molecule has 0 radical (unpaired) electrons. The number of imide groups is 1. The molecule has 0 unspecified atom stereocenters. The van der Waals surface area contributed by atoms with Crippen LogP contribution in [0.2, 0.25) is 0 Å². The summed E-state index contributed by atoms with van der Waals surface area (Å²) in [6.07, 6.45) is 1.19. The largest absolute Gasteiger partial charge is 0.506 e. The van der Waals surface area contributed by atoms with Gasteiger partial charge in [0.05, 0.1) is 12.1 Å². The number of benzene rings is 2. The number of phenols is 1. The van der Waals surface area contributed by atoms with Crippen molar-refractivity contribution in [2.45, 2.75) is 13.3 Å². The second-order valence-electron chi connectivity index (χ2n) is 5.37. The Morgan fingerprint density at radius 3 is 2.56 bits per heavy atom. The van der Waals surface area contributed by atoms with Crippen molar-refractivity contribution in [1.29, 1.82) is 5.26 Å². The molecule has 0 heterocycles. The first-order valence-electron chi connectivity index (χ1n) is 7.54. The highest BCUT2D eigenvalue weighted by molar-refractivity contribution is 6.07. The van der Waals surface area contributed by atoms with Gasteiger partial charge >= 0.3 is 0 Å². The number of nitrogens with one attached hydrogen (secondary N) is 2. The first-order chi connectivity index (χ1) is 12.0. The van der Waals surface area contributed by atoms with Gasteiger partial charge in [-0.15, -0.1) is 0 Å². The first kappa shape index (κ1) is 17.8. The van der Waals surface area contributed by atoms with Crippen molar-refractivity contribution in [1.82, 2.24) is 5.32 Å². The molecule has 0 aliphatic rings. The molecule has 2 amide bonds. The highest BCUT2D eigenvalue weighted by atomic mass is 16.3. The number of carbonyl (C=O) groups is 2. The van der Waals surface area contributed by atoms with Crippen LogP contribution in [0.15, 0.2) is 60.3 Å². The normalized spacial score (nSPS) is 10.6. The number of anilines is 1. The molecule has 0 atom stereocenters. The van der Waals surface area contributed by atoms with E-state index in [-0.39, 0.29) is 17.7 Å². The van der Waals surface area contributed by atoms with Gasteiger partial charge in [0.15, 0.2) is 0 Å². The third kappa shape index (κ3) is 5.22. The summed E-state index contributed by atoms with van der Waals surface area (Å²) in [5, 5.41) is 23.7. The smallest absolute Gasteiger partial charge is 0.270 e. The Morgan fingerprint density at radius 1 is 1.20 bits per heavy atom. The predicted octanol–water partition coefficient (Wildman–Crippen LogP) is 2.41. The van der Waals surface area contributed by atoms with Gasteiger partial charge in [-0.3, -0.25) is 14.9 Å². The summed E-state index contributed by atoms with van der Waals surface area (Å²) in [5.74, 6) is -1.31. The van der Waals surface area contributed by atoms with Crippen LogP contribution in [0.3, 0.4) is 0 Å². The molecule has 0 bridgehead atoms. The molecule has 0 aliphatic carbocycles. The first-order valence-corrected chi connectivity index (χ1v) is 7.54. The summed E-state index contributed by atoms with van der Waals surface area (Å²) in [6, 6.07) is 15.6. The lowest BCUT2D eigenvalue weighted by molar-refractivity contribution is -0.127. The van der Waals surface area contributed by atoms with E-state index in [2.05, 4.69) is 10.6 Å². The van der Waals surface area contributed by atoms with E-state index in [9.17, 15) is 14.7 Å². The van der Waals surface area contributed by atoms with Crippen molar-refractivity contribution < 1.29 is 14.7 Å². The van der Waals surface area contributed by atoms with Gasteiger partial charge in [-0.1, -0.05) is 36.4 Å². The van der Waals surface area contributed by atoms with E-state index in [0.717, 1.165) is 17.3 Å². The zero-order valence-corrected chi connectivity index (χ0v) is 13.6. The van der Waals surface area contributed by atoms with Gasteiger partial charge < -0.3 is 10.4 Å². The van der Waals surface area contributed by atoms with E-state index in [1.807, 2.05) is 13.0 Å². The lowest BCUT2D eigenvalue weighted by Gasteiger charge is -2.06. The van der Waals surface area contributed by atoms with Gasteiger partial charge in [0, 0.05) is 6.20 Å². The number of carbonyl (C=O) groups excluding carboxylic acids is 2. The van der Waals surface area contributed by atoms with E-state index < -0.39 is 11.8 Å². The second kappa shape index (κ2) is 8.31. The summed E-state index contributed by atoms with van der Waals surface area (Å²) >= 11 is 0. The van der Waals surface area contributed by atoms with Gasteiger partial charge in [0.1, 0.15) is 17.4 Å². The van der Waals surface area contributed by atoms with Crippen LogP contribution >= 0.6 is 0 Å². The quantitative estimate of drug-likeness (QED) is 0.442. The number of aryl methyl sites for hydroxylation is 1. The van der Waals surface area contributed by atoms with Crippen molar-refractivity contribution in [2.24, 2.45) is 0 Å². The maximum Gasteiger partial charge on any atom is 0.270 e. The van der Waals surface area contributed by atoms with Crippen LogP contribution in [-0.4, -0.2) is 16.9 Å². The van der Waals surface area contributed by atoms with E-state index in [1.165, 1.54) is 0 Å². The molecule has 126 valence electrons. The summed E-state index contributed by atoms with van der Waals surface area (Å²) in [7, 11) is 0. The minimum Gasteiger partial charge on any atom is -0.506 e. The second-order valence-corrected chi connectivity index (χ2v) is 5.37. The molecule has 0 spiro atoms. The lowest BCUT2D eigenvalue weighted by atomic mass is 10.1. The Bertz CT molecular complexity index is 852. The van der Waals surface area contributed by atoms with Crippen molar-refractivity contribution in [3.63, 3.8) is 0 Å². The standard InChI is InChI=1S/C19H17N3O3/c1-13-7-8-16(17(23)9-13)21-12-15(11-20)19(25)22-18(24)10-14-5-3-2-4-6-14/h2-9,12,21,23H,10H2,1H3,(H,22,24,25). The fourth-order valence-corrected chi connectivity index (χ4v) is 2.08. The summed E-state index contributed by atoms with van der Waals surface area (Å²) in [6.45, 7) is 1.83. The molecule has 2 aromatic carbocycles.